The first kappa shape index (κ1) is 25.9. The molecule has 5 rings (SSSR count). The van der Waals surface area contributed by atoms with Crippen LogP contribution in [0.25, 0.3) is 0 Å². The lowest BCUT2D eigenvalue weighted by atomic mass is 9.56. The molecule has 39 heavy (non-hydrogen) atoms. The lowest BCUT2D eigenvalue weighted by molar-refractivity contribution is -0.154. The van der Waals surface area contributed by atoms with E-state index in [4.69, 9.17) is 5.73 Å². The average molecular weight is 536 g/mol. The quantitative estimate of drug-likeness (QED) is 0.212. The first-order valence-corrected chi connectivity index (χ1v) is 12.0. The minimum absolute atomic E-state index is 0.133. The molecule has 0 unspecified atom stereocenters. The number of fused-ring (bicyclic) bond motifs is 3. The first-order chi connectivity index (χ1) is 18.4. The molecule has 0 saturated carbocycles. The summed E-state index contributed by atoms with van der Waals surface area (Å²) in [7, 11) is 0. The van der Waals surface area contributed by atoms with Gasteiger partial charge in [0.25, 0.3) is 5.91 Å². The molecule has 0 saturated heterocycles. The fourth-order valence-electron chi connectivity index (χ4n) is 5.90. The van der Waals surface area contributed by atoms with E-state index in [-0.39, 0.29) is 16.8 Å². The second kappa shape index (κ2) is 8.96. The first-order valence-electron chi connectivity index (χ1n) is 12.0. The molecule has 0 aromatic heterocycles. The minimum atomic E-state index is -2.92. The predicted molar refractivity (Wildman–Crippen MR) is 136 cm³/mol. The Morgan fingerprint density at radius 1 is 1.03 bits per heavy atom. The number of allylic oxidation sites excluding steroid dienone is 1. The molecule has 3 amide bonds. The Morgan fingerprint density at radius 3 is 2.33 bits per heavy atom. The molecular weight excluding hydrogens is 510 g/mol. The fourth-order valence-corrected chi connectivity index (χ4v) is 5.90. The van der Waals surface area contributed by atoms with Gasteiger partial charge in [0.15, 0.2) is 17.1 Å². The number of benzene rings is 2. The smallest absolute Gasteiger partial charge is 0.323 e. The molecule has 0 bridgehead atoms. The highest BCUT2D eigenvalue weighted by atomic mass is 16.4. The molecule has 12 nitrogen and oxygen atoms in total. The van der Waals surface area contributed by atoms with E-state index in [1.807, 2.05) is 0 Å². The molecule has 3 aliphatic rings. The maximum Gasteiger partial charge on any atom is 0.323 e. The van der Waals surface area contributed by atoms with Crippen LogP contribution in [0.4, 0.5) is 16.2 Å². The molecule has 2 aromatic carbocycles. The predicted octanol–water partition coefficient (Wildman–Crippen LogP) is 1.76. The summed E-state index contributed by atoms with van der Waals surface area (Å²) in [5.41, 5.74) is 1.13. The Labute approximate surface area is 221 Å². The van der Waals surface area contributed by atoms with E-state index in [2.05, 4.69) is 10.6 Å². The molecule has 0 aliphatic heterocycles. The summed E-state index contributed by atoms with van der Waals surface area (Å²) < 4.78 is 0. The van der Waals surface area contributed by atoms with E-state index in [0.717, 1.165) is 0 Å². The summed E-state index contributed by atoms with van der Waals surface area (Å²) in [6, 6.07) is 10.6. The van der Waals surface area contributed by atoms with Crippen molar-refractivity contribution in [3.05, 3.63) is 76.3 Å². The van der Waals surface area contributed by atoms with E-state index in [0.29, 0.717) is 5.69 Å². The Hall–Kier alpha value is -4.68. The summed E-state index contributed by atoms with van der Waals surface area (Å²) in [6.07, 6.45) is -2.18. The zero-order valence-corrected chi connectivity index (χ0v) is 20.5. The molecule has 0 fully saturated rings. The highest BCUT2D eigenvalue weighted by molar-refractivity contribution is 6.24. The number of hydrogen-bond acceptors (Lipinski definition) is 9. The number of aliphatic hydroxyl groups excluding tert-OH is 3. The van der Waals surface area contributed by atoms with Gasteiger partial charge in [0.05, 0.1) is 17.4 Å². The number of carbonyl (C=O) groups is 4. The van der Waals surface area contributed by atoms with E-state index in [9.17, 15) is 44.7 Å². The van der Waals surface area contributed by atoms with Crippen molar-refractivity contribution in [3.8, 4) is 5.75 Å². The highest BCUT2D eigenvalue weighted by Crippen LogP contribution is 2.55. The number of urea groups is 1. The molecule has 12 heteroatoms. The molecule has 0 heterocycles. The van der Waals surface area contributed by atoms with Crippen molar-refractivity contribution in [1.82, 2.24) is 0 Å². The topological polar surface area (TPSA) is 220 Å². The number of para-hydroxylation sites is 1. The summed E-state index contributed by atoms with van der Waals surface area (Å²) >= 11 is 0. The van der Waals surface area contributed by atoms with E-state index in [1.54, 1.807) is 37.3 Å². The van der Waals surface area contributed by atoms with Gasteiger partial charge in [-0.2, -0.15) is 0 Å². The van der Waals surface area contributed by atoms with Gasteiger partial charge >= 0.3 is 6.03 Å². The van der Waals surface area contributed by atoms with Gasteiger partial charge in [0.1, 0.15) is 17.1 Å². The van der Waals surface area contributed by atoms with Crippen LogP contribution in [-0.4, -0.2) is 60.7 Å². The van der Waals surface area contributed by atoms with Gasteiger partial charge < -0.3 is 41.9 Å². The third-order valence-electron chi connectivity index (χ3n) is 7.78. The van der Waals surface area contributed by atoms with Crippen LogP contribution in [0.2, 0.25) is 0 Å². The standard InChI is InChI=1S/C27H25N3O9/c1-10-12-7-8-14(30-26(38)29-11-5-3-2-4-6-11)21(33)17(12)22(34)19-16(10)20(32)13-9-15(31)18(25(28)37)23(35)27(13,39)24(19)36/h2-8,10,13,16,20,31-33,36,39H,9H2,1H3,(H2,28,37)(H2,29,30,38)/t10-,13+,16+,20+,27+/m0/s1. The van der Waals surface area contributed by atoms with Gasteiger partial charge in [-0.25, -0.2) is 4.79 Å². The number of aliphatic hydroxyl groups is 4. The number of ketones is 2. The molecule has 9 N–H and O–H groups in total. The van der Waals surface area contributed by atoms with Crippen molar-refractivity contribution in [2.75, 3.05) is 10.6 Å². The van der Waals surface area contributed by atoms with Crippen LogP contribution in [0.1, 0.15) is 35.2 Å². The third-order valence-corrected chi connectivity index (χ3v) is 7.78. The largest absolute Gasteiger partial charge is 0.511 e. The number of rotatable bonds is 3. The summed E-state index contributed by atoms with van der Waals surface area (Å²) in [4.78, 5) is 51.1. The summed E-state index contributed by atoms with van der Waals surface area (Å²) in [5.74, 6) is -9.61. The minimum Gasteiger partial charge on any atom is -0.511 e. The van der Waals surface area contributed by atoms with Crippen LogP contribution >= 0.6 is 0 Å². The Balaban J connectivity index is 1.58. The molecule has 202 valence electrons. The van der Waals surface area contributed by atoms with Crippen molar-refractivity contribution >= 4 is 34.9 Å². The van der Waals surface area contributed by atoms with Crippen molar-refractivity contribution in [2.45, 2.75) is 31.0 Å². The molecule has 2 aromatic rings. The highest BCUT2D eigenvalue weighted by Gasteiger charge is 2.64. The zero-order valence-electron chi connectivity index (χ0n) is 20.5. The van der Waals surface area contributed by atoms with Crippen LogP contribution in [0.5, 0.6) is 5.75 Å². The lowest BCUT2D eigenvalue weighted by Crippen LogP contribution is -2.62. The summed E-state index contributed by atoms with van der Waals surface area (Å²) in [5, 5.41) is 60.1. The molecule has 0 spiro atoms. The zero-order chi connectivity index (χ0) is 28.4. The number of carbonyl (C=O) groups excluding carboxylic acids is 4. The number of nitrogens with two attached hydrogens (primary N) is 1. The second-order valence-corrected chi connectivity index (χ2v) is 9.86. The molecule has 3 aliphatic carbocycles. The van der Waals surface area contributed by atoms with Crippen molar-refractivity contribution in [3.63, 3.8) is 0 Å². The van der Waals surface area contributed by atoms with Gasteiger partial charge in [0, 0.05) is 29.5 Å². The maximum absolute atomic E-state index is 13.7. The van der Waals surface area contributed by atoms with Crippen LogP contribution < -0.4 is 16.4 Å². The van der Waals surface area contributed by atoms with Crippen LogP contribution in [0.15, 0.2) is 65.1 Å². The van der Waals surface area contributed by atoms with E-state index in [1.165, 1.54) is 12.1 Å². The molecule has 0 radical (unpaired) electrons. The number of nitrogens with one attached hydrogen (secondary N) is 2. The number of amides is 3. The van der Waals surface area contributed by atoms with Crippen molar-refractivity contribution in [2.24, 2.45) is 17.6 Å². The number of aromatic hydroxyl groups is 1. The lowest BCUT2D eigenvalue weighted by Gasteiger charge is -2.50. The Bertz CT molecular complexity index is 1510. The number of phenols is 1. The number of anilines is 2. The second-order valence-electron chi connectivity index (χ2n) is 9.86. The number of hydrogen-bond donors (Lipinski definition) is 8. The third kappa shape index (κ3) is 3.67. The Kier molecular flexibility index (Phi) is 5.96. The fraction of sp³-hybridized carbons (Fsp3) is 0.259. The van der Waals surface area contributed by atoms with Gasteiger partial charge in [-0.05, 0) is 29.7 Å². The van der Waals surface area contributed by atoms with Gasteiger partial charge in [-0.1, -0.05) is 31.2 Å². The Morgan fingerprint density at radius 2 is 1.69 bits per heavy atom. The molecular formula is C27H25N3O9. The van der Waals surface area contributed by atoms with E-state index >= 15 is 0 Å². The number of primary amides is 1. The summed E-state index contributed by atoms with van der Waals surface area (Å²) in [6.45, 7) is 1.61. The molecule has 5 atom stereocenters. The SMILES string of the molecule is C[C@H]1c2ccc(NC(=O)Nc3ccccc3)c(O)c2C(=O)C2=C(O)[C@]3(O)C(=O)C(C(N)=O)=C(O)C[C@@H]3[C@@H](O)[C@@H]21. The van der Waals surface area contributed by atoms with Gasteiger partial charge in [-0.3, -0.25) is 14.4 Å². The number of Topliss-reactive ketones (excluding diaryl/α,β-unsaturated/α-hetero) is 2. The normalized spacial score (nSPS) is 27.9. The van der Waals surface area contributed by atoms with Crippen LogP contribution in [-0.2, 0) is 9.59 Å². The van der Waals surface area contributed by atoms with Crippen LogP contribution in [0.3, 0.4) is 0 Å². The van der Waals surface area contributed by atoms with Gasteiger partial charge in [0.2, 0.25) is 5.78 Å². The average Bonchev–Trinajstić information content (AvgIpc) is 2.88. The maximum atomic E-state index is 13.7. The monoisotopic (exact) mass is 535 g/mol. The van der Waals surface area contributed by atoms with Crippen LogP contribution in [0, 0.1) is 11.8 Å². The van der Waals surface area contributed by atoms with Crippen molar-refractivity contribution < 1.29 is 44.7 Å². The van der Waals surface area contributed by atoms with Crippen molar-refractivity contribution in [1.29, 1.82) is 0 Å². The number of phenolic OH excluding ortho intramolecular Hbond substituents is 1. The van der Waals surface area contributed by atoms with E-state index < -0.39 is 87.8 Å². The van der Waals surface area contributed by atoms with Gasteiger partial charge in [-0.15, -0.1) is 0 Å².